The number of hydrogen-bond donors (Lipinski definition) is 1. The van der Waals surface area contributed by atoms with Gasteiger partial charge in [0.1, 0.15) is 0 Å². The molecule has 0 bridgehead atoms. The van der Waals surface area contributed by atoms with Crippen LogP contribution in [-0.2, 0) is 0 Å². The Bertz CT molecular complexity index is 406. The van der Waals surface area contributed by atoms with Crippen molar-refractivity contribution >= 4 is 11.9 Å². The molecule has 0 amide bonds. The van der Waals surface area contributed by atoms with Crippen LogP contribution in [0.3, 0.4) is 0 Å². The summed E-state index contributed by atoms with van der Waals surface area (Å²) in [6.07, 6.45) is 5.32. The Morgan fingerprint density at radius 3 is 2.63 bits per heavy atom. The van der Waals surface area contributed by atoms with Gasteiger partial charge in [0, 0.05) is 20.6 Å². The van der Waals surface area contributed by atoms with E-state index in [1.165, 1.54) is 25.7 Å². The molecular formula is C13H23N5O. The zero-order chi connectivity index (χ0) is 13.7. The minimum atomic E-state index is 0.384. The number of ether oxygens (including phenoxy) is 1. The van der Waals surface area contributed by atoms with E-state index in [-0.39, 0.29) is 0 Å². The topological polar surface area (TPSA) is 63.2 Å². The summed E-state index contributed by atoms with van der Waals surface area (Å²) in [6.45, 7) is 3.47. The van der Waals surface area contributed by atoms with E-state index in [1.54, 1.807) is 7.05 Å². The van der Waals surface area contributed by atoms with Gasteiger partial charge in [-0.1, -0.05) is 12.8 Å². The van der Waals surface area contributed by atoms with Crippen LogP contribution in [0.15, 0.2) is 0 Å². The van der Waals surface area contributed by atoms with E-state index in [0.717, 1.165) is 12.5 Å². The molecule has 0 aliphatic heterocycles. The number of nitrogens with one attached hydrogen (secondary N) is 1. The lowest BCUT2D eigenvalue weighted by Crippen LogP contribution is -2.26. The van der Waals surface area contributed by atoms with E-state index in [1.807, 2.05) is 14.0 Å². The van der Waals surface area contributed by atoms with Gasteiger partial charge in [0.05, 0.1) is 6.61 Å². The zero-order valence-electron chi connectivity index (χ0n) is 12.0. The Balaban J connectivity index is 2.09. The summed E-state index contributed by atoms with van der Waals surface area (Å²) in [5.41, 5.74) is 0. The van der Waals surface area contributed by atoms with Crippen LogP contribution in [0.25, 0.3) is 0 Å². The Hall–Kier alpha value is -1.59. The van der Waals surface area contributed by atoms with Gasteiger partial charge in [-0.25, -0.2) is 0 Å². The standard InChI is InChI=1S/C13H23N5O/c1-4-19-13-16-11(14-2)15-12(17-13)18(3)9-10-7-5-6-8-10/h10H,4-9H2,1-3H3,(H,14,15,16,17). The molecular weight excluding hydrogens is 242 g/mol. The predicted molar refractivity (Wildman–Crippen MR) is 75.8 cm³/mol. The van der Waals surface area contributed by atoms with Crippen LogP contribution in [0.4, 0.5) is 11.9 Å². The van der Waals surface area contributed by atoms with Gasteiger partial charge in [0.2, 0.25) is 11.9 Å². The summed E-state index contributed by atoms with van der Waals surface area (Å²) in [5.74, 6) is 1.98. The van der Waals surface area contributed by atoms with Gasteiger partial charge >= 0.3 is 6.01 Å². The number of anilines is 2. The molecule has 1 N–H and O–H groups in total. The van der Waals surface area contributed by atoms with Crippen molar-refractivity contribution in [1.29, 1.82) is 0 Å². The van der Waals surface area contributed by atoms with Crippen LogP contribution in [0, 0.1) is 5.92 Å². The van der Waals surface area contributed by atoms with E-state index < -0.39 is 0 Å². The molecule has 1 saturated carbocycles. The number of aromatic nitrogens is 3. The highest BCUT2D eigenvalue weighted by molar-refractivity contribution is 5.37. The fourth-order valence-electron chi connectivity index (χ4n) is 2.48. The van der Waals surface area contributed by atoms with Crippen LogP contribution >= 0.6 is 0 Å². The first kappa shape index (κ1) is 13.8. The highest BCUT2D eigenvalue weighted by Gasteiger charge is 2.19. The number of rotatable bonds is 6. The third kappa shape index (κ3) is 3.68. The minimum absolute atomic E-state index is 0.384. The Morgan fingerprint density at radius 1 is 1.26 bits per heavy atom. The van der Waals surface area contributed by atoms with Gasteiger partial charge in [-0.15, -0.1) is 0 Å². The van der Waals surface area contributed by atoms with Crippen LogP contribution in [-0.4, -0.2) is 42.2 Å². The third-order valence-corrected chi connectivity index (χ3v) is 3.45. The van der Waals surface area contributed by atoms with Crippen molar-refractivity contribution in [2.24, 2.45) is 5.92 Å². The second-order valence-corrected chi connectivity index (χ2v) is 4.96. The minimum Gasteiger partial charge on any atom is -0.464 e. The van der Waals surface area contributed by atoms with Crippen LogP contribution < -0.4 is 15.0 Å². The largest absolute Gasteiger partial charge is 0.464 e. The van der Waals surface area contributed by atoms with Crippen molar-refractivity contribution in [1.82, 2.24) is 15.0 Å². The van der Waals surface area contributed by atoms with Crippen LogP contribution in [0.1, 0.15) is 32.6 Å². The third-order valence-electron chi connectivity index (χ3n) is 3.45. The van der Waals surface area contributed by atoms with Gasteiger partial charge in [0.15, 0.2) is 0 Å². The molecule has 6 nitrogen and oxygen atoms in total. The van der Waals surface area contributed by atoms with E-state index in [2.05, 4.69) is 25.2 Å². The molecule has 1 heterocycles. The molecule has 1 aliphatic carbocycles. The molecule has 1 aliphatic rings. The lowest BCUT2D eigenvalue weighted by Gasteiger charge is -2.21. The molecule has 1 fully saturated rings. The average Bonchev–Trinajstić information content (AvgIpc) is 2.91. The molecule has 2 rings (SSSR count). The molecule has 0 spiro atoms. The molecule has 0 radical (unpaired) electrons. The molecule has 106 valence electrons. The summed E-state index contributed by atoms with van der Waals surface area (Å²) < 4.78 is 5.38. The highest BCUT2D eigenvalue weighted by atomic mass is 16.5. The van der Waals surface area contributed by atoms with Crippen LogP contribution in [0.5, 0.6) is 6.01 Å². The first-order chi connectivity index (χ1) is 9.22. The molecule has 0 atom stereocenters. The van der Waals surface area contributed by atoms with E-state index in [4.69, 9.17) is 4.74 Å². The first-order valence-corrected chi connectivity index (χ1v) is 7.00. The summed E-state index contributed by atoms with van der Waals surface area (Å²) in [7, 11) is 3.83. The van der Waals surface area contributed by atoms with Crippen molar-refractivity contribution in [2.45, 2.75) is 32.6 Å². The Labute approximate surface area is 114 Å². The SMILES string of the molecule is CCOc1nc(NC)nc(N(C)CC2CCCC2)n1. The number of hydrogen-bond acceptors (Lipinski definition) is 6. The second-order valence-electron chi connectivity index (χ2n) is 4.96. The smallest absolute Gasteiger partial charge is 0.323 e. The van der Waals surface area contributed by atoms with Gasteiger partial charge in [0.25, 0.3) is 0 Å². The number of nitrogens with zero attached hydrogens (tertiary/aromatic N) is 4. The predicted octanol–water partition coefficient (Wildman–Crippen LogP) is 1.94. The maximum Gasteiger partial charge on any atom is 0.323 e. The van der Waals surface area contributed by atoms with Gasteiger partial charge < -0.3 is 15.0 Å². The average molecular weight is 265 g/mol. The van der Waals surface area contributed by atoms with Crippen molar-refractivity contribution in [3.8, 4) is 6.01 Å². The highest BCUT2D eigenvalue weighted by Crippen LogP contribution is 2.26. The fourth-order valence-corrected chi connectivity index (χ4v) is 2.48. The maximum atomic E-state index is 5.38. The summed E-state index contributed by atoms with van der Waals surface area (Å²) in [5, 5.41) is 2.95. The summed E-state index contributed by atoms with van der Waals surface area (Å²) in [6, 6.07) is 0.384. The second kappa shape index (κ2) is 6.54. The quantitative estimate of drug-likeness (QED) is 0.848. The molecule has 0 aromatic carbocycles. The molecule has 19 heavy (non-hydrogen) atoms. The Morgan fingerprint density at radius 2 is 2.00 bits per heavy atom. The molecule has 6 heteroatoms. The normalized spacial score (nSPS) is 15.5. The molecule has 0 saturated heterocycles. The van der Waals surface area contributed by atoms with E-state index >= 15 is 0 Å². The van der Waals surface area contributed by atoms with Crippen molar-refractivity contribution in [2.75, 3.05) is 37.5 Å². The lowest BCUT2D eigenvalue weighted by molar-refractivity contribution is 0.312. The van der Waals surface area contributed by atoms with Crippen molar-refractivity contribution in [3.63, 3.8) is 0 Å². The van der Waals surface area contributed by atoms with Gasteiger partial charge in [-0.3, -0.25) is 0 Å². The van der Waals surface area contributed by atoms with Crippen LogP contribution in [0.2, 0.25) is 0 Å². The van der Waals surface area contributed by atoms with E-state index in [9.17, 15) is 0 Å². The monoisotopic (exact) mass is 265 g/mol. The molecule has 1 aromatic rings. The summed E-state index contributed by atoms with van der Waals surface area (Å²) >= 11 is 0. The molecule has 0 unspecified atom stereocenters. The van der Waals surface area contributed by atoms with Crippen molar-refractivity contribution in [3.05, 3.63) is 0 Å². The zero-order valence-corrected chi connectivity index (χ0v) is 12.0. The first-order valence-electron chi connectivity index (χ1n) is 7.00. The van der Waals surface area contributed by atoms with Gasteiger partial charge in [-0.2, -0.15) is 15.0 Å². The van der Waals surface area contributed by atoms with E-state index in [0.29, 0.717) is 24.5 Å². The molecule has 1 aromatic heterocycles. The summed E-state index contributed by atoms with van der Waals surface area (Å²) in [4.78, 5) is 15.0. The maximum absolute atomic E-state index is 5.38. The fraction of sp³-hybridized carbons (Fsp3) is 0.769. The van der Waals surface area contributed by atoms with Gasteiger partial charge in [-0.05, 0) is 25.7 Å². The van der Waals surface area contributed by atoms with Crippen molar-refractivity contribution < 1.29 is 4.74 Å². The lowest BCUT2D eigenvalue weighted by atomic mass is 10.1. The Kier molecular flexibility index (Phi) is 4.76.